The molecule has 0 fully saturated rings. The first kappa shape index (κ1) is 13.5. The van der Waals surface area contributed by atoms with Crippen LogP contribution in [-0.4, -0.2) is 11.2 Å². The van der Waals surface area contributed by atoms with Crippen LogP contribution in [0.3, 0.4) is 0 Å². The number of nitro benzene ring substituents is 1. The van der Waals surface area contributed by atoms with Crippen molar-refractivity contribution in [1.82, 2.24) is 0 Å². The van der Waals surface area contributed by atoms with Gasteiger partial charge in [0.2, 0.25) is 0 Å². The molecule has 0 radical (unpaired) electrons. The highest BCUT2D eigenvalue weighted by molar-refractivity contribution is 8.02. The van der Waals surface area contributed by atoms with Gasteiger partial charge in [-0.3, -0.25) is 10.1 Å². The van der Waals surface area contributed by atoms with Crippen molar-refractivity contribution in [1.29, 1.82) is 0 Å². The lowest BCUT2D eigenvalue weighted by Crippen LogP contribution is -1.97. The second kappa shape index (κ2) is 5.67. The minimum absolute atomic E-state index is 0.0125. The van der Waals surface area contributed by atoms with E-state index in [2.05, 4.69) is 0 Å². The van der Waals surface area contributed by atoms with E-state index in [1.807, 2.05) is 13.2 Å². The van der Waals surface area contributed by atoms with Gasteiger partial charge in [0.25, 0.3) is 5.69 Å². The van der Waals surface area contributed by atoms with Crippen LogP contribution in [0.25, 0.3) is 0 Å². The number of rotatable bonds is 4. The van der Waals surface area contributed by atoms with Gasteiger partial charge in [-0.15, -0.1) is 11.8 Å². The zero-order valence-electron chi connectivity index (χ0n) is 9.69. The Morgan fingerprint density at radius 3 is 2.59 bits per heavy atom. The summed E-state index contributed by atoms with van der Waals surface area (Å²) in [7, 11) is 0. The van der Waals surface area contributed by atoms with Crippen molar-refractivity contribution >= 4 is 17.4 Å². The Morgan fingerprint density at radius 2 is 2.12 bits per heavy atom. The van der Waals surface area contributed by atoms with Crippen LogP contribution in [0.4, 0.5) is 10.1 Å². The summed E-state index contributed by atoms with van der Waals surface area (Å²) in [5, 5.41) is 10.4. The van der Waals surface area contributed by atoms with E-state index in [1.54, 1.807) is 6.92 Å². The first-order chi connectivity index (χ1) is 7.95. The number of benzene rings is 1. The van der Waals surface area contributed by atoms with Gasteiger partial charge in [-0.1, -0.05) is 0 Å². The van der Waals surface area contributed by atoms with Crippen LogP contribution < -0.4 is 4.74 Å². The van der Waals surface area contributed by atoms with Crippen LogP contribution in [0.1, 0.15) is 13.8 Å². The van der Waals surface area contributed by atoms with Crippen molar-refractivity contribution in [3.05, 3.63) is 44.8 Å². The van der Waals surface area contributed by atoms with Crippen LogP contribution >= 0.6 is 11.8 Å². The molecule has 0 unspecified atom stereocenters. The van der Waals surface area contributed by atoms with Crippen LogP contribution in [0, 0.1) is 15.9 Å². The molecule has 0 amide bonds. The predicted octanol–water partition coefficient (Wildman–Crippen LogP) is 3.73. The summed E-state index contributed by atoms with van der Waals surface area (Å²) < 4.78 is 18.8. The monoisotopic (exact) mass is 257 g/mol. The molecule has 0 saturated carbocycles. The lowest BCUT2D eigenvalue weighted by atomic mass is 10.3. The maximum absolute atomic E-state index is 13.5. The number of non-ortho nitro benzene ring substituents is 1. The minimum atomic E-state index is -0.743. The molecule has 1 aromatic rings. The van der Waals surface area contributed by atoms with Crippen LogP contribution in [0.5, 0.6) is 5.75 Å². The van der Waals surface area contributed by atoms with Crippen LogP contribution in [0.15, 0.2) is 28.9 Å². The Bertz CT molecular complexity index is 474. The highest BCUT2D eigenvalue weighted by Crippen LogP contribution is 2.26. The Labute approximate surface area is 103 Å². The Kier molecular flexibility index (Phi) is 4.51. The average Bonchev–Trinajstić information content (AvgIpc) is 2.30. The molecular formula is C11H12FNO3S. The van der Waals surface area contributed by atoms with Gasteiger partial charge in [0, 0.05) is 11.0 Å². The van der Waals surface area contributed by atoms with Crippen molar-refractivity contribution < 1.29 is 14.1 Å². The third-order valence-electron chi connectivity index (χ3n) is 2.19. The van der Waals surface area contributed by atoms with Crippen molar-refractivity contribution in [3.63, 3.8) is 0 Å². The molecule has 0 atom stereocenters. The van der Waals surface area contributed by atoms with Gasteiger partial charge < -0.3 is 4.74 Å². The summed E-state index contributed by atoms with van der Waals surface area (Å²) in [4.78, 5) is 10.7. The molecule has 0 aromatic heterocycles. The van der Waals surface area contributed by atoms with E-state index in [0.29, 0.717) is 5.76 Å². The third kappa shape index (κ3) is 3.45. The zero-order chi connectivity index (χ0) is 13.0. The van der Waals surface area contributed by atoms with Crippen molar-refractivity contribution in [2.24, 2.45) is 0 Å². The maximum atomic E-state index is 13.5. The molecule has 1 aromatic carbocycles. The molecule has 0 bridgehead atoms. The quantitative estimate of drug-likeness (QED) is 0.468. The van der Waals surface area contributed by atoms with E-state index in [0.717, 1.165) is 11.0 Å². The smallest absolute Gasteiger partial charge is 0.272 e. The molecule has 0 N–H and O–H groups in total. The average molecular weight is 257 g/mol. The Balaban J connectivity index is 2.98. The van der Waals surface area contributed by atoms with Crippen molar-refractivity contribution in [2.45, 2.75) is 13.8 Å². The summed E-state index contributed by atoms with van der Waals surface area (Å²) in [5.74, 6) is -0.181. The van der Waals surface area contributed by atoms with Gasteiger partial charge in [0.15, 0.2) is 11.6 Å². The molecule has 0 aliphatic heterocycles. The number of nitrogens with zero attached hydrogens (tertiary/aromatic N) is 1. The number of nitro groups is 1. The predicted molar refractivity (Wildman–Crippen MR) is 65.6 cm³/mol. The van der Waals surface area contributed by atoms with E-state index in [-0.39, 0.29) is 11.4 Å². The SMILES string of the molecule is CS/C(C)=C(/C)Oc1ccc([N+](=O)[O-])cc1F. The lowest BCUT2D eigenvalue weighted by Gasteiger charge is -2.09. The standard InChI is InChI=1S/C11H12FNO3S/c1-7(8(2)17-3)16-11-5-4-9(13(14)15)6-10(11)12/h4-6H,1-3H3/b8-7-. The molecule has 0 spiro atoms. The van der Waals surface area contributed by atoms with Crippen LogP contribution in [0.2, 0.25) is 0 Å². The van der Waals surface area contributed by atoms with E-state index in [9.17, 15) is 14.5 Å². The van der Waals surface area contributed by atoms with E-state index in [1.165, 1.54) is 23.9 Å². The first-order valence-corrected chi connectivity index (χ1v) is 6.01. The highest BCUT2D eigenvalue weighted by atomic mass is 32.2. The summed E-state index contributed by atoms with van der Waals surface area (Å²) in [6, 6.07) is 3.31. The molecule has 6 heteroatoms. The fourth-order valence-electron chi connectivity index (χ4n) is 1.07. The normalized spacial score (nSPS) is 12.0. The molecule has 0 aliphatic carbocycles. The minimum Gasteiger partial charge on any atom is -0.458 e. The fraction of sp³-hybridized carbons (Fsp3) is 0.273. The first-order valence-electron chi connectivity index (χ1n) is 4.79. The largest absolute Gasteiger partial charge is 0.458 e. The number of ether oxygens (including phenoxy) is 1. The zero-order valence-corrected chi connectivity index (χ0v) is 10.5. The summed E-state index contributed by atoms with van der Waals surface area (Å²) in [6.45, 7) is 3.57. The van der Waals surface area contributed by atoms with Gasteiger partial charge in [-0.05, 0) is 26.2 Å². The van der Waals surface area contributed by atoms with E-state index < -0.39 is 10.7 Å². The second-order valence-electron chi connectivity index (χ2n) is 3.29. The number of hydrogen-bond donors (Lipinski definition) is 0. The number of halogens is 1. The topological polar surface area (TPSA) is 52.4 Å². The lowest BCUT2D eigenvalue weighted by molar-refractivity contribution is -0.385. The Morgan fingerprint density at radius 1 is 1.47 bits per heavy atom. The van der Waals surface area contributed by atoms with E-state index in [4.69, 9.17) is 4.74 Å². The third-order valence-corrected chi connectivity index (χ3v) is 3.09. The van der Waals surface area contributed by atoms with Gasteiger partial charge in [-0.25, -0.2) is 4.39 Å². The molecule has 1 rings (SSSR count). The molecule has 0 saturated heterocycles. The van der Waals surface area contributed by atoms with E-state index >= 15 is 0 Å². The van der Waals surface area contributed by atoms with Gasteiger partial charge in [0.1, 0.15) is 5.76 Å². The molecule has 0 aliphatic rings. The number of allylic oxidation sites excluding steroid dienone is 2. The highest BCUT2D eigenvalue weighted by Gasteiger charge is 2.12. The fourth-order valence-corrected chi connectivity index (χ4v) is 1.40. The van der Waals surface area contributed by atoms with Gasteiger partial charge in [0.05, 0.1) is 11.0 Å². The van der Waals surface area contributed by atoms with Crippen LogP contribution in [-0.2, 0) is 0 Å². The van der Waals surface area contributed by atoms with Crippen molar-refractivity contribution in [3.8, 4) is 5.75 Å². The molecule has 17 heavy (non-hydrogen) atoms. The summed E-state index contributed by atoms with van der Waals surface area (Å²) >= 11 is 1.49. The van der Waals surface area contributed by atoms with Gasteiger partial charge in [-0.2, -0.15) is 0 Å². The number of hydrogen-bond acceptors (Lipinski definition) is 4. The maximum Gasteiger partial charge on any atom is 0.272 e. The summed E-state index contributed by atoms with van der Waals surface area (Å²) in [6.07, 6.45) is 1.88. The molecule has 92 valence electrons. The summed E-state index contributed by atoms with van der Waals surface area (Å²) in [5.41, 5.74) is -0.293. The molecule has 4 nitrogen and oxygen atoms in total. The van der Waals surface area contributed by atoms with Crippen molar-refractivity contribution in [2.75, 3.05) is 6.26 Å². The second-order valence-corrected chi connectivity index (χ2v) is 4.31. The Hall–Kier alpha value is -1.56. The van der Waals surface area contributed by atoms with Gasteiger partial charge >= 0.3 is 0 Å². The number of thioether (sulfide) groups is 1. The molecular weight excluding hydrogens is 245 g/mol. The molecule has 0 heterocycles.